The summed E-state index contributed by atoms with van der Waals surface area (Å²) in [5.74, 6) is -1.09. The van der Waals surface area contributed by atoms with Crippen LogP contribution in [0.2, 0.25) is 0 Å². The van der Waals surface area contributed by atoms with Crippen molar-refractivity contribution in [2.45, 2.75) is 26.4 Å². The van der Waals surface area contributed by atoms with E-state index in [2.05, 4.69) is 6.58 Å². The Morgan fingerprint density at radius 1 is 1.42 bits per heavy atom. The van der Waals surface area contributed by atoms with Gasteiger partial charge in [0, 0.05) is 18.9 Å². The van der Waals surface area contributed by atoms with Crippen LogP contribution in [0.25, 0.3) is 0 Å². The fraction of sp³-hybridized carbons (Fsp3) is 0.286. The standard InChI is InChI=1S/C14H14O5/c1-7(2)12-6-10-11(19-12)5-4-9(14(16)17)13(10)18-8(3)15/h4-5,12H,1,6H2,2-3H3,(H,16,17)/t12-/m1/s1. The van der Waals surface area contributed by atoms with Crippen LogP contribution in [-0.2, 0) is 11.2 Å². The molecule has 2 rings (SSSR count). The predicted molar refractivity (Wildman–Crippen MR) is 67.6 cm³/mol. The van der Waals surface area contributed by atoms with Crippen molar-refractivity contribution in [3.8, 4) is 11.5 Å². The number of carbonyl (C=O) groups excluding carboxylic acids is 1. The third kappa shape index (κ3) is 2.45. The molecule has 0 fully saturated rings. The quantitative estimate of drug-likeness (QED) is 0.513. The van der Waals surface area contributed by atoms with Gasteiger partial charge in [0.05, 0.1) is 0 Å². The maximum absolute atomic E-state index is 11.2. The zero-order valence-electron chi connectivity index (χ0n) is 10.7. The first-order valence-corrected chi connectivity index (χ1v) is 5.79. The van der Waals surface area contributed by atoms with Crippen molar-refractivity contribution >= 4 is 11.9 Å². The molecule has 0 aromatic heterocycles. The zero-order chi connectivity index (χ0) is 14.2. The molecule has 0 unspecified atom stereocenters. The number of hydrogen-bond acceptors (Lipinski definition) is 4. The number of carboxylic acids is 1. The van der Waals surface area contributed by atoms with Gasteiger partial charge < -0.3 is 14.6 Å². The van der Waals surface area contributed by atoms with Gasteiger partial charge >= 0.3 is 11.9 Å². The monoisotopic (exact) mass is 262 g/mol. The van der Waals surface area contributed by atoms with Crippen LogP contribution in [0.4, 0.5) is 0 Å². The number of rotatable bonds is 3. The van der Waals surface area contributed by atoms with E-state index in [4.69, 9.17) is 14.6 Å². The van der Waals surface area contributed by atoms with Crippen molar-refractivity contribution in [3.63, 3.8) is 0 Å². The van der Waals surface area contributed by atoms with Crippen molar-refractivity contribution in [1.82, 2.24) is 0 Å². The van der Waals surface area contributed by atoms with E-state index in [-0.39, 0.29) is 17.4 Å². The van der Waals surface area contributed by atoms with Crippen LogP contribution in [0, 0.1) is 0 Å². The summed E-state index contributed by atoms with van der Waals surface area (Å²) >= 11 is 0. The van der Waals surface area contributed by atoms with Gasteiger partial charge in [-0.25, -0.2) is 4.79 Å². The molecule has 1 aliphatic heterocycles. The summed E-state index contributed by atoms with van der Waals surface area (Å²) in [5.41, 5.74) is 1.39. The van der Waals surface area contributed by atoms with E-state index in [9.17, 15) is 9.59 Å². The molecule has 100 valence electrons. The van der Waals surface area contributed by atoms with Gasteiger partial charge in [-0.1, -0.05) is 6.58 Å². The van der Waals surface area contributed by atoms with Crippen molar-refractivity contribution in [2.75, 3.05) is 0 Å². The molecule has 0 spiro atoms. The molecule has 1 aliphatic rings. The van der Waals surface area contributed by atoms with Gasteiger partial charge in [-0.15, -0.1) is 0 Å². The molecule has 19 heavy (non-hydrogen) atoms. The highest BCUT2D eigenvalue weighted by molar-refractivity contribution is 5.93. The van der Waals surface area contributed by atoms with Gasteiger partial charge in [0.1, 0.15) is 17.4 Å². The lowest BCUT2D eigenvalue weighted by Crippen LogP contribution is -2.13. The number of carboxylic acid groups (broad SMARTS) is 1. The third-order valence-corrected chi connectivity index (χ3v) is 2.90. The summed E-state index contributed by atoms with van der Waals surface area (Å²) in [5, 5.41) is 9.14. The second-order valence-corrected chi connectivity index (χ2v) is 4.47. The number of ether oxygens (including phenoxy) is 2. The van der Waals surface area contributed by atoms with Crippen molar-refractivity contribution in [2.24, 2.45) is 0 Å². The summed E-state index contributed by atoms with van der Waals surface area (Å²) in [4.78, 5) is 22.3. The van der Waals surface area contributed by atoms with Crippen LogP contribution < -0.4 is 9.47 Å². The third-order valence-electron chi connectivity index (χ3n) is 2.90. The van der Waals surface area contributed by atoms with E-state index in [0.717, 1.165) is 5.57 Å². The van der Waals surface area contributed by atoms with Crippen LogP contribution in [0.5, 0.6) is 11.5 Å². The minimum Gasteiger partial charge on any atom is -0.485 e. The van der Waals surface area contributed by atoms with Crippen molar-refractivity contribution in [1.29, 1.82) is 0 Å². The highest BCUT2D eigenvalue weighted by Gasteiger charge is 2.30. The van der Waals surface area contributed by atoms with E-state index >= 15 is 0 Å². The molecule has 0 amide bonds. The molecule has 0 saturated heterocycles. The van der Waals surface area contributed by atoms with E-state index in [1.807, 2.05) is 6.92 Å². The van der Waals surface area contributed by atoms with Crippen LogP contribution in [0.1, 0.15) is 29.8 Å². The van der Waals surface area contributed by atoms with Crippen molar-refractivity contribution in [3.05, 3.63) is 35.4 Å². The number of hydrogen-bond donors (Lipinski definition) is 1. The van der Waals surface area contributed by atoms with E-state index in [0.29, 0.717) is 17.7 Å². The average Bonchev–Trinajstić information content (AvgIpc) is 2.72. The maximum atomic E-state index is 11.2. The van der Waals surface area contributed by atoms with E-state index < -0.39 is 11.9 Å². The molecule has 0 radical (unpaired) electrons. The number of aromatic carboxylic acids is 1. The predicted octanol–water partition coefficient (Wildman–Crippen LogP) is 2.19. The van der Waals surface area contributed by atoms with Crippen LogP contribution in [-0.4, -0.2) is 23.1 Å². The van der Waals surface area contributed by atoms with Gasteiger partial charge in [0.25, 0.3) is 0 Å². The Hall–Kier alpha value is -2.30. The first-order valence-electron chi connectivity index (χ1n) is 5.79. The second kappa shape index (κ2) is 4.76. The molecule has 1 aromatic carbocycles. The molecule has 0 saturated carbocycles. The Labute approximate surface area is 110 Å². The lowest BCUT2D eigenvalue weighted by molar-refractivity contribution is -0.131. The van der Waals surface area contributed by atoms with Crippen molar-refractivity contribution < 1.29 is 24.2 Å². The highest BCUT2D eigenvalue weighted by atomic mass is 16.5. The molecule has 5 nitrogen and oxygen atoms in total. The normalized spacial score (nSPS) is 16.4. The van der Waals surface area contributed by atoms with Crippen LogP contribution in [0.15, 0.2) is 24.3 Å². The minimum absolute atomic E-state index is 0.0417. The van der Waals surface area contributed by atoms with Crippen LogP contribution >= 0.6 is 0 Å². The molecular formula is C14H14O5. The smallest absolute Gasteiger partial charge is 0.339 e. The van der Waals surface area contributed by atoms with E-state index in [1.165, 1.54) is 13.0 Å². The van der Waals surface area contributed by atoms with Gasteiger partial charge in [0.15, 0.2) is 5.75 Å². The second-order valence-electron chi connectivity index (χ2n) is 4.47. The first-order chi connectivity index (χ1) is 8.90. The summed E-state index contributed by atoms with van der Waals surface area (Å²) in [6.07, 6.45) is 0.238. The first kappa shape index (κ1) is 13.1. The number of fused-ring (bicyclic) bond motifs is 1. The molecule has 0 bridgehead atoms. The largest absolute Gasteiger partial charge is 0.485 e. The maximum Gasteiger partial charge on any atom is 0.339 e. The van der Waals surface area contributed by atoms with Gasteiger partial charge in [-0.2, -0.15) is 0 Å². The Kier molecular flexibility index (Phi) is 3.29. The molecule has 1 N–H and O–H groups in total. The Balaban J connectivity index is 2.50. The van der Waals surface area contributed by atoms with Gasteiger partial charge in [0.2, 0.25) is 0 Å². The molecule has 1 atom stereocenters. The fourth-order valence-corrected chi connectivity index (χ4v) is 2.00. The molecule has 0 aliphatic carbocycles. The molecule has 1 heterocycles. The molecular weight excluding hydrogens is 248 g/mol. The topological polar surface area (TPSA) is 72.8 Å². The van der Waals surface area contributed by atoms with Gasteiger partial charge in [-0.3, -0.25) is 4.79 Å². The lowest BCUT2D eigenvalue weighted by atomic mass is 10.0. The SMILES string of the molecule is C=C(C)[C@H]1Cc2c(ccc(C(=O)O)c2OC(C)=O)O1. The fourth-order valence-electron chi connectivity index (χ4n) is 2.00. The molecule has 5 heteroatoms. The summed E-state index contributed by atoms with van der Waals surface area (Å²) in [6.45, 7) is 6.89. The summed E-state index contributed by atoms with van der Waals surface area (Å²) in [7, 11) is 0. The summed E-state index contributed by atoms with van der Waals surface area (Å²) in [6, 6.07) is 2.95. The van der Waals surface area contributed by atoms with Gasteiger partial charge in [-0.05, 0) is 24.6 Å². The van der Waals surface area contributed by atoms with Crippen LogP contribution in [0.3, 0.4) is 0 Å². The highest BCUT2D eigenvalue weighted by Crippen LogP contribution is 2.40. The Morgan fingerprint density at radius 3 is 2.63 bits per heavy atom. The van der Waals surface area contributed by atoms with E-state index in [1.54, 1.807) is 6.07 Å². The number of esters is 1. The zero-order valence-corrected chi connectivity index (χ0v) is 10.7. The minimum atomic E-state index is -1.14. The number of carbonyl (C=O) groups is 2. The average molecular weight is 262 g/mol. The Bertz CT molecular complexity index is 573. The Morgan fingerprint density at radius 2 is 2.11 bits per heavy atom. The molecule has 1 aromatic rings. The number of benzene rings is 1. The lowest BCUT2D eigenvalue weighted by Gasteiger charge is -2.09. The summed E-state index contributed by atoms with van der Waals surface area (Å²) < 4.78 is 10.7.